The highest BCUT2D eigenvalue weighted by Crippen LogP contribution is 2.31. The first-order valence-corrected chi connectivity index (χ1v) is 11.2. The molecule has 0 aliphatic carbocycles. The highest BCUT2D eigenvalue weighted by Gasteiger charge is 2.22. The molecular formula is C18H22N4O4S2. The third kappa shape index (κ3) is 6.02. The fourth-order valence-corrected chi connectivity index (χ4v) is 3.74. The molecule has 0 radical (unpaired) electrons. The minimum Gasteiger partial charge on any atom is -0.377 e. The zero-order chi connectivity index (χ0) is 20.9. The van der Waals surface area contributed by atoms with Crippen LogP contribution < -0.4 is 9.62 Å². The van der Waals surface area contributed by atoms with Crippen molar-refractivity contribution in [2.45, 2.75) is 26.9 Å². The molecule has 2 aromatic rings. The van der Waals surface area contributed by atoms with E-state index in [1.807, 2.05) is 23.5 Å². The maximum Gasteiger partial charge on any atom is 0.284 e. The molecule has 0 spiro atoms. The maximum atomic E-state index is 12.2. The van der Waals surface area contributed by atoms with Crippen LogP contribution >= 0.6 is 11.3 Å². The number of nitrogens with zero attached hydrogens (tertiary/aromatic N) is 3. The highest BCUT2D eigenvalue weighted by molar-refractivity contribution is 7.89. The molecule has 28 heavy (non-hydrogen) atoms. The Morgan fingerprint density at radius 3 is 2.54 bits per heavy atom. The van der Waals surface area contributed by atoms with E-state index in [2.05, 4.69) is 11.1 Å². The Morgan fingerprint density at radius 2 is 2.00 bits per heavy atom. The normalized spacial score (nSPS) is 11.3. The van der Waals surface area contributed by atoms with Crippen molar-refractivity contribution in [3.63, 3.8) is 0 Å². The molecule has 150 valence electrons. The number of ether oxygens (including phenoxy) is 1. The molecule has 10 heteroatoms. The predicted molar refractivity (Wildman–Crippen MR) is 108 cm³/mol. The number of sulfonamides is 1. The molecule has 1 aromatic carbocycles. The number of amides is 1. The second-order valence-electron chi connectivity index (χ2n) is 6.33. The number of hydrogen-bond acceptors (Lipinski definition) is 8. The predicted octanol–water partition coefficient (Wildman–Crippen LogP) is 2.58. The molecule has 8 nitrogen and oxygen atoms in total. The Bertz CT molecular complexity index is 976. The summed E-state index contributed by atoms with van der Waals surface area (Å²) in [6.07, 6.45) is 0.983. The average Bonchev–Trinajstić information content (AvgIpc) is 2.99. The Hall–Kier alpha value is -2.48. The smallest absolute Gasteiger partial charge is 0.284 e. The van der Waals surface area contributed by atoms with E-state index in [1.165, 1.54) is 11.3 Å². The molecule has 1 heterocycles. The first kappa shape index (κ1) is 21.8. The van der Waals surface area contributed by atoms with Crippen molar-refractivity contribution >= 4 is 38.1 Å². The Morgan fingerprint density at radius 1 is 1.36 bits per heavy atom. The number of thiazole rings is 1. The van der Waals surface area contributed by atoms with Crippen molar-refractivity contribution in [1.29, 1.82) is 5.26 Å². The van der Waals surface area contributed by atoms with Crippen molar-refractivity contribution in [3.8, 4) is 6.07 Å². The van der Waals surface area contributed by atoms with Gasteiger partial charge < -0.3 is 9.64 Å². The quantitative estimate of drug-likeness (QED) is 0.696. The first-order valence-electron chi connectivity index (χ1n) is 8.49. The van der Waals surface area contributed by atoms with Gasteiger partial charge in [-0.3, -0.25) is 4.79 Å². The van der Waals surface area contributed by atoms with E-state index in [0.29, 0.717) is 28.7 Å². The zero-order valence-corrected chi connectivity index (χ0v) is 17.7. The Kier molecular flexibility index (Phi) is 7.12. The standard InChI is InChI=1S/C18H22N4O4S2/c1-12(2)26-10-9-22(15-7-5-14(11-19)6-8-15)18-20-16(13(3)27-18)17(23)21-28(4,24)25/h5-8,12H,9-10H2,1-4H3,(H,21,23). The summed E-state index contributed by atoms with van der Waals surface area (Å²) < 4.78 is 30.3. The molecule has 0 atom stereocenters. The van der Waals surface area contributed by atoms with Crippen molar-refractivity contribution < 1.29 is 17.9 Å². The third-order valence-corrected chi connectivity index (χ3v) is 5.13. The second kappa shape index (κ2) is 9.14. The summed E-state index contributed by atoms with van der Waals surface area (Å²) in [6.45, 7) is 6.49. The highest BCUT2D eigenvalue weighted by atomic mass is 32.2. The molecule has 1 amide bonds. The van der Waals surface area contributed by atoms with Gasteiger partial charge in [-0.2, -0.15) is 5.26 Å². The SMILES string of the molecule is Cc1sc(N(CCOC(C)C)c2ccc(C#N)cc2)nc1C(=O)NS(C)(=O)=O. The van der Waals surface area contributed by atoms with Crippen LogP contribution in [0.2, 0.25) is 0 Å². The van der Waals surface area contributed by atoms with E-state index in [0.717, 1.165) is 11.9 Å². The summed E-state index contributed by atoms with van der Waals surface area (Å²) in [4.78, 5) is 19.0. The van der Waals surface area contributed by atoms with E-state index in [9.17, 15) is 13.2 Å². The Balaban J connectivity index is 2.35. The van der Waals surface area contributed by atoms with Crippen LogP contribution in [0.25, 0.3) is 0 Å². The van der Waals surface area contributed by atoms with E-state index in [4.69, 9.17) is 10.00 Å². The minimum atomic E-state index is -3.68. The topological polar surface area (TPSA) is 112 Å². The van der Waals surface area contributed by atoms with Gasteiger partial charge in [0.25, 0.3) is 5.91 Å². The molecule has 1 aromatic heterocycles. The van der Waals surface area contributed by atoms with E-state index < -0.39 is 15.9 Å². The lowest BCUT2D eigenvalue weighted by molar-refractivity contribution is 0.0851. The number of rotatable bonds is 8. The van der Waals surface area contributed by atoms with Crippen LogP contribution in [0.4, 0.5) is 10.8 Å². The van der Waals surface area contributed by atoms with Crippen LogP contribution in [0, 0.1) is 18.3 Å². The lowest BCUT2D eigenvalue weighted by Crippen LogP contribution is -2.30. The summed E-state index contributed by atoms with van der Waals surface area (Å²) in [5.74, 6) is -0.763. The molecule has 2 rings (SSSR count). The Labute approximate surface area is 168 Å². The van der Waals surface area contributed by atoms with Crippen molar-refractivity contribution in [3.05, 3.63) is 40.4 Å². The van der Waals surface area contributed by atoms with Crippen molar-refractivity contribution in [2.24, 2.45) is 0 Å². The van der Waals surface area contributed by atoms with Gasteiger partial charge in [0, 0.05) is 17.1 Å². The fourth-order valence-electron chi connectivity index (χ4n) is 2.36. The number of hydrogen-bond donors (Lipinski definition) is 1. The second-order valence-corrected chi connectivity index (χ2v) is 9.26. The van der Waals surface area contributed by atoms with Crippen LogP contribution in [0.3, 0.4) is 0 Å². The molecule has 0 fully saturated rings. The van der Waals surface area contributed by atoms with E-state index in [1.54, 1.807) is 31.2 Å². The van der Waals surface area contributed by atoms with Crippen LogP contribution in [0.5, 0.6) is 0 Å². The summed E-state index contributed by atoms with van der Waals surface area (Å²) in [5.41, 5.74) is 1.38. The number of anilines is 2. The molecule has 0 saturated carbocycles. The molecular weight excluding hydrogens is 400 g/mol. The van der Waals surface area contributed by atoms with Gasteiger partial charge in [0.2, 0.25) is 10.0 Å². The molecule has 0 aliphatic heterocycles. The van der Waals surface area contributed by atoms with E-state index in [-0.39, 0.29) is 11.8 Å². The average molecular weight is 423 g/mol. The molecule has 0 saturated heterocycles. The van der Waals surface area contributed by atoms with Crippen molar-refractivity contribution in [2.75, 3.05) is 24.3 Å². The van der Waals surface area contributed by atoms with Crippen LogP contribution in [-0.2, 0) is 14.8 Å². The fraction of sp³-hybridized carbons (Fsp3) is 0.389. The molecule has 0 bridgehead atoms. The number of carbonyl (C=O) groups is 1. The number of benzene rings is 1. The number of aryl methyl sites for hydroxylation is 1. The van der Waals surface area contributed by atoms with Crippen LogP contribution in [0.15, 0.2) is 24.3 Å². The number of nitrogens with one attached hydrogen (secondary N) is 1. The monoisotopic (exact) mass is 422 g/mol. The van der Waals surface area contributed by atoms with Gasteiger partial charge in [0.05, 0.1) is 30.6 Å². The summed E-state index contributed by atoms with van der Waals surface area (Å²) in [5, 5.41) is 9.53. The van der Waals surface area contributed by atoms with Gasteiger partial charge in [-0.25, -0.2) is 18.1 Å². The lowest BCUT2D eigenvalue weighted by Gasteiger charge is -2.22. The molecule has 0 unspecified atom stereocenters. The van der Waals surface area contributed by atoms with Gasteiger partial charge in [-0.15, -0.1) is 11.3 Å². The van der Waals surface area contributed by atoms with Crippen LogP contribution in [-0.4, -0.2) is 44.8 Å². The third-order valence-electron chi connectivity index (χ3n) is 3.58. The number of carbonyl (C=O) groups excluding carboxylic acids is 1. The molecule has 1 N–H and O–H groups in total. The number of aromatic nitrogens is 1. The largest absolute Gasteiger partial charge is 0.377 e. The van der Waals surface area contributed by atoms with E-state index >= 15 is 0 Å². The van der Waals surface area contributed by atoms with Gasteiger partial charge in [0.15, 0.2) is 5.13 Å². The van der Waals surface area contributed by atoms with Gasteiger partial charge >= 0.3 is 0 Å². The first-order chi connectivity index (χ1) is 13.1. The number of nitriles is 1. The van der Waals surface area contributed by atoms with Gasteiger partial charge in [-0.05, 0) is 45.0 Å². The molecule has 0 aliphatic rings. The maximum absolute atomic E-state index is 12.2. The summed E-state index contributed by atoms with van der Waals surface area (Å²) in [7, 11) is -3.68. The lowest BCUT2D eigenvalue weighted by atomic mass is 10.2. The minimum absolute atomic E-state index is 0.0637. The van der Waals surface area contributed by atoms with Crippen molar-refractivity contribution in [1.82, 2.24) is 9.71 Å². The zero-order valence-electron chi connectivity index (χ0n) is 16.1. The summed E-state index contributed by atoms with van der Waals surface area (Å²) in [6, 6.07) is 9.06. The van der Waals surface area contributed by atoms with Gasteiger partial charge in [0.1, 0.15) is 5.69 Å². The summed E-state index contributed by atoms with van der Waals surface area (Å²) >= 11 is 1.28. The van der Waals surface area contributed by atoms with Crippen LogP contribution in [0.1, 0.15) is 34.8 Å². The van der Waals surface area contributed by atoms with Gasteiger partial charge in [-0.1, -0.05) is 0 Å².